The molecule has 0 aromatic rings. The number of hydrogen-bond donors (Lipinski definition) is 0. The van der Waals surface area contributed by atoms with E-state index in [-0.39, 0.29) is 0 Å². The van der Waals surface area contributed by atoms with Crippen LogP contribution in [0, 0.1) is 5.92 Å². The molecule has 16 heavy (non-hydrogen) atoms. The fraction of sp³-hybridized carbons (Fsp3) is 0.867. The van der Waals surface area contributed by atoms with Gasteiger partial charge in [0.1, 0.15) is 0 Å². The number of rotatable bonds is 7. The molecule has 94 valence electrons. The molecule has 0 radical (unpaired) electrons. The summed E-state index contributed by atoms with van der Waals surface area (Å²) in [7, 11) is 0. The van der Waals surface area contributed by atoms with Gasteiger partial charge in [0.05, 0.1) is 12.2 Å². The van der Waals surface area contributed by atoms with E-state index >= 15 is 0 Å². The Hall–Kier alpha value is -0.300. The molecule has 0 saturated carbocycles. The number of unbranched alkanes of at least 4 members (excludes halogenated alkanes) is 4. The highest BCUT2D eigenvalue weighted by molar-refractivity contribution is 4.97. The van der Waals surface area contributed by atoms with Crippen LogP contribution in [0.25, 0.3) is 0 Å². The Morgan fingerprint density at radius 1 is 1.19 bits per heavy atom. The first-order chi connectivity index (χ1) is 7.74. The molecule has 0 unspecified atom stereocenters. The van der Waals surface area contributed by atoms with Crippen LogP contribution >= 0.6 is 0 Å². The summed E-state index contributed by atoms with van der Waals surface area (Å²) in [6.45, 7) is 6.74. The standard InChI is InChI=1S/C15H28O/c1-4-5-6-7-8-10-14-11-9-12-15(16-14)13(2)3/h9,12-15H,4-8,10-11H2,1-3H3/t14-,15-/m0/s1. The van der Waals surface area contributed by atoms with Gasteiger partial charge in [0, 0.05) is 0 Å². The predicted molar refractivity (Wildman–Crippen MR) is 70.6 cm³/mol. The highest BCUT2D eigenvalue weighted by atomic mass is 16.5. The minimum Gasteiger partial charge on any atom is -0.370 e. The van der Waals surface area contributed by atoms with Crippen molar-refractivity contribution < 1.29 is 4.74 Å². The van der Waals surface area contributed by atoms with E-state index < -0.39 is 0 Å². The fourth-order valence-electron chi connectivity index (χ4n) is 2.23. The minimum atomic E-state index is 0.356. The maximum absolute atomic E-state index is 6.07. The molecule has 1 aliphatic heterocycles. The van der Waals surface area contributed by atoms with E-state index in [0.717, 1.165) is 6.42 Å². The summed E-state index contributed by atoms with van der Waals surface area (Å²) in [6.07, 6.45) is 14.6. The quantitative estimate of drug-likeness (QED) is 0.449. The molecule has 0 spiro atoms. The zero-order chi connectivity index (χ0) is 11.8. The molecule has 0 bridgehead atoms. The Bertz CT molecular complexity index is 196. The van der Waals surface area contributed by atoms with Gasteiger partial charge in [-0.25, -0.2) is 0 Å². The summed E-state index contributed by atoms with van der Waals surface area (Å²) >= 11 is 0. The van der Waals surface area contributed by atoms with Gasteiger partial charge in [0.25, 0.3) is 0 Å². The van der Waals surface area contributed by atoms with Crippen molar-refractivity contribution >= 4 is 0 Å². The van der Waals surface area contributed by atoms with Gasteiger partial charge in [0.15, 0.2) is 0 Å². The maximum atomic E-state index is 6.07. The second kappa shape index (κ2) is 7.89. The van der Waals surface area contributed by atoms with E-state index in [0.29, 0.717) is 18.1 Å². The van der Waals surface area contributed by atoms with Crippen LogP contribution in [-0.4, -0.2) is 12.2 Å². The molecule has 0 aromatic carbocycles. The van der Waals surface area contributed by atoms with Crippen LogP contribution in [0.4, 0.5) is 0 Å². The second-order valence-corrected chi connectivity index (χ2v) is 5.33. The average molecular weight is 224 g/mol. The summed E-state index contributed by atoms with van der Waals surface area (Å²) in [4.78, 5) is 0. The van der Waals surface area contributed by atoms with Crippen molar-refractivity contribution in [1.82, 2.24) is 0 Å². The lowest BCUT2D eigenvalue weighted by Gasteiger charge is -2.28. The largest absolute Gasteiger partial charge is 0.370 e. The van der Waals surface area contributed by atoms with Crippen LogP contribution in [0.2, 0.25) is 0 Å². The lowest BCUT2D eigenvalue weighted by atomic mass is 9.99. The SMILES string of the molecule is CCCCCCC[C@H]1CC=C[C@@H](C(C)C)O1. The van der Waals surface area contributed by atoms with E-state index in [1.165, 1.54) is 38.5 Å². The lowest BCUT2D eigenvalue weighted by Crippen LogP contribution is -2.27. The van der Waals surface area contributed by atoms with Gasteiger partial charge in [0.2, 0.25) is 0 Å². The van der Waals surface area contributed by atoms with Gasteiger partial charge in [-0.05, 0) is 18.8 Å². The van der Waals surface area contributed by atoms with Crippen LogP contribution < -0.4 is 0 Å². The van der Waals surface area contributed by atoms with E-state index in [1.807, 2.05) is 0 Å². The Labute approximate surface area is 101 Å². The van der Waals surface area contributed by atoms with Crippen LogP contribution in [0.3, 0.4) is 0 Å². The molecule has 0 aromatic heterocycles. The van der Waals surface area contributed by atoms with E-state index in [9.17, 15) is 0 Å². The molecule has 0 fully saturated rings. The summed E-state index contributed by atoms with van der Waals surface area (Å²) < 4.78 is 6.07. The van der Waals surface area contributed by atoms with E-state index in [2.05, 4.69) is 32.9 Å². The molecule has 1 heteroatoms. The van der Waals surface area contributed by atoms with Gasteiger partial charge in [-0.2, -0.15) is 0 Å². The first-order valence-electron chi connectivity index (χ1n) is 7.06. The average Bonchev–Trinajstić information content (AvgIpc) is 2.29. The molecule has 2 atom stereocenters. The third-order valence-electron chi connectivity index (χ3n) is 3.36. The van der Waals surface area contributed by atoms with Gasteiger partial charge in [-0.1, -0.05) is 65.0 Å². The Morgan fingerprint density at radius 2 is 1.94 bits per heavy atom. The molecule has 1 heterocycles. The molecule has 0 aliphatic carbocycles. The summed E-state index contributed by atoms with van der Waals surface area (Å²) in [6, 6.07) is 0. The van der Waals surface area contributed by atoms with Crippen molar-refractivity contribution in [3.63, 3.8) is 0 Å². The molecular formula is C15H28O. The minimum absolute atomic E-state index is 0.356. The van der Waals surface area contributed by atoms with E-state index in [4.69, 9.17) is 4.74 Å². The van der Waals surface area contributed by atoms with Crippen LogP contribution in [0.1, 0.15) is 65.7 Å². The first-order valence-corrected chi connectivity index (χ1v) is 7.06. The number of hydrogen-bond acceptors (Lipinski definition) is 1. The highest BCUT2D eigenvalue weighted by Crippen LogP contribution is 2.22. The molecule has 1 aliphatic rings. The van der Waals surface area contributed by atoms with Crippen molar-refractivity contribution in [1.29, 1.82) is 0 Å². The molecule has 0 saturated heterocycles. The predicted octanol–water partition coefficient (Wildman–Crippen LogP) is 4.72. The third kappa shape index (κ3) is 5.16. The lowest BCUT2D eigenvalue weighted by molar-refractivity contribution is -0.0208. The molecular weight excluding hydrogens is 196 g/mol. The van der Waals surface area contributed by atoms with Crippen LogP contribution in [0.15, 0.2) is 12.2 Å². The molecule has 0 amide bonds. The van der Waals surface area contributed by atoms with Crippen molar-refractivity contribution in [2.24, 2.45) is 5.92 Å². The number of ether oxygens (including phenoxy) is 1. The van der Waals surface area contributed by atoms with Crippen molar-refractivity contribution in [2.45, 2.75) is 77.9 Å². The van der Waals surface area contributed by atoms with Gasteiger partial charge >= 0.3 is 0 Å². The zero-order valence-corrected chi connectivity index (χ0v) is 11.2. The summed E-state index contributed by atoms with van der Waals surface area (Å²) in [5.41, 5.74) is 0. The van der Waals surface area contributed by atoms with Crippen molar-refractivity contribution in [3.8, 4) is 0 Å². The van der Waals surface area contributed by atoms with Crippen LogP contribution in [-0.2, 0) is 4.74 Å². The molecule has 1 rings (SSSR count). The topological polar surface area (TPSA) is 9.23 Å². The van der Waals surface area contributed by atoms with Crippen molar-refractivity contribution in [3.05, 3.63) is 12.2 Å². The Morgan fingerprint density at radius 3 is 2.62 bits per heavy atom. The monoisotopic (exact) mass is 224 g/mol. The van der Waals surface area contributed by atoms with Gasteiger partial charge in [-0.15, -0.1) is 0 Å². The summed E-state index contributed by atoms with van der Waals surface area (Å²) in [5, 5.41) is 0. The Kier molecular flexibility index (Phi) is 6.79. The third-order valence-corrected chi connectivity index (χ3v) is 3.36. The summed E-state index contributed by atoms with van der Waals surface area (Å²) in [5.74, 6) is 0.610. The second-order valence-electron chi connectivity index (χ2n) is 5.33. The molecule has 0 N–H and O–H groups in total. The van der Waals surface area contributed by atoms with Gasteiger partial charge in [-0.3, -0.25) is 0 Å². The van der Waals surface area contributed by atoms with E-state index in [1.54, 1.807) is 0 Å². The Balaban J connectivity index is 2.11. The first kappa shape index (κ1) is 13.8. The highest BCUT2D eigenvalue weighted by Gasteiger charge is 2.19. The van der Waals surface area contributed by atoms with Gasteiger partial charge < -0.3 is 4.74 Å². The molecule has 1 nitrogen and oxygen atoms in total. The smallest absolute Gasteiger partial charge is 0.0782 e. The zero-order valence-electron chi connectivity index (χ0n) is 11.2. The normalized spacial score (nSPS) is 25.2. The maximum Gasteiger partial charge on any atom is 0.0782 e. The van der Waals surface area contributed by atoms with Crippen molar-refractivity contribution in [2.75, 3.05) is 0 Å². The van der Waals surface area contributed by atoms with Crippen LogP contribution in [0.5, 0.6) is 0 Å². The fourth-order valence-corrected chi connectivity index (χ4v) is 2.23.